The largest absolute Gasteiger partial charge is 0.309 e. The third kappa shape index (κ3) is 1.19. The summed E-state index contributed by atoms with van der Waals surface area (Å²) in [6.07, 6.45) is 0. The lowest BCUT2D eigenvalue weighted by Crippen LogP contribution is -2.00. The highest BCUT2D eigenvalue weighted by Gasteiger charge is 2.13. The minimum Gasteiger partial charge on any atom is -0.309 e. The van der Waals surface area contributed by atoms with E-state index in [9.17, 15) is 4.39 Å². The van der Waals surface area contributed by atoms with E-state index in [2.05, 4.69) is 21.2 Å². The SMILES string of the molecule is Fc1cc(Br)c2c(c1)CNC2. The number of hydrogen-bond donors (Lipinski definition) is 1. The van der Waals surface area contributed by atoms with Crippen LogP contribution in [0.2, 0.25) is 0 Å². The Balaban J connectivity index is 2.60. The smallest absolute Gasteiger partial charge is 0.124 e. The Morgan fingerprint density at radius 1 is 1.36 bits per heavy atom. The molecular weight excluding hydrogens is 209 g/mol. The first-order valence-corrected chi connectivity index (χ1v) is 4.24. The molecule has 1 aromatic rings. The average Bonchev–Trinajstić information content (AvgIpc) is 2.34. The van der Waals surface area contributed by atoms with Crippen LogP contribution in [0.1, 0.15) is 11.1 Å². The van der Waals surface area contributed by atoms with Crippen molar-refractivity contribution in [1.29, 1.82) is 0 Å². The molecule has 0 bridgehead atoms. The van der Waals surface area contributed by atoms with Crippen LogP contribution in [-0.2, 0) is 13.1 Å². The van der Waals surface area contributed by atoms with E-state index in [1.165, 1.54) is 11.6 Å². The molecule has 0 atom stereocenters. The van der Waals surface area contributed by atoms with Gasteiger partial charge in [0.1, 0.15) is 5.82 Å². The molecule has 1 aliphatic heterocycles. The molecule has 1 aliphatic rings. The molecule has 0 aromatic heterocycles. The molecule has 2 rings (SSSR count). The van der Waals surface area contributed by atoms with Gasteiger partial charge in [-0.25, -0.2) is 4.39 Å². The topological polar surface area (TPSA) is 12.0 Å². The van der Waals surface area contributed by atoms with Crippen molar-refractivity contribution < 1.29 is 4.39 Å². The summed E-state index contributed by atoms with van der Waals surface area (Å²) in [4.78, 5) is 0. The fraction of sp³-hybridized carbons (Fsp3) is 0.250. The highest BCUT2D eigenvalue weighted by Crippen LogP contribution is 2.25. The van der Waals surface area contributed by atoms with Crippen molar-refractivity contribution in [3.8, 4) is 0 Å². The number of nitrogens with one attached hydrogen (secondary N) is 1. The molecule has 1 aromatic carbocycles. The molecule has 0 radical (unpaired) electrons. The van der Waals surface area contributed by atoms with E-state index >= 15 is 0 Å². The summed E-state index contributed by atoms with van der Waals surface area (Å²) in [5.41, 5.74) is 2.25. The Hall–Kier alpha value is -0.410. The van der Waals surface area contributed by atoms with Gasteiger partial charge >= 0.3 is 0 Å². The van der Waals surface area contributed by atoms with Crippen LogP contribution >= 0.6 is 15.9 Å². The molecule has 0 amide bonds. The van der Waals surface area contributed by atoms with Gasteiger partial charge in [0.15, 0.2) is 0 Å². The van der Waals surface area contributed by atoms with Gasteiger partial charge in [-0.15, -0.1) is 0 Å². The third-order valence-corrected chi connectivity index (χ3v) is 2.58. The van der Waals surface area contributed by atoms with Gasteiger partial charge in [0.25, 0.3) is 0 Å². The van der Waals surface area contributed by atoms with E-state index in [1.54, 1.807) is 6.07 Å². The second kappa shape index (κ2) is 2.57. The summed E-state index contributed by atoms with van der Waals surface area (Å²) in [5, 5.41) is 3.16. The van der Waals surface area contributed by atoms with Crippen molar-refractivity contribution in [2.75, 3.05) is 0 Å². The lowest BCUT2D eigenvalue weighted by Gasteiger charge is -2.00. The van der Waals surface area contributed by atoms with Gasteiger partial charge in [-0.2, -0.15) is 0 Å². The Labute approximate surface area is 72.7 Å². The third-order valence-electron chi connectivity index (χ3n) is 1.87. The van der Waals surface area contributed by atoms with E-state index in [1.807, 2.05) is 0 Å². The van der Waals surface area contributed by atoms with Crippen molar-refractivity contribution in [3.63, 3.8) is 0 Å². The average molecular weight is 216 g/mol. The van der Waals surface area contributed by atoms with Gasteiger partial charge in [-0.05, 0) is 23.3 Å². The minimum atomic E-state index is -0.167. The van der Waals surface area contributed by atoms with Gasteiger partial charge in [-0.1, -0.05) is 15.9 Å². The van der Waals surface area contributed by atoms with Crippen molar-refractivity contribution in [1.82, 2.24) is 5.32 Å². The predicted octanol–water partition coefficient (Wildman–Crippen LogP) is 2.19. The predicted molar refractivity (Wildman–Crippen MR) is 44.6 cm³/mol. The summed E-state index contributed by atoms with van der Waals surface area (Å²) in [7, 11) is 0. The first-order valence-electron chi connectivity index (χ1n) is 3.45. The van der Waals surface area contributed by atoms with Crippen LogP contribution in [0.5, 0.6) is 0 Å². The zero-order valence-corrected chi connectivity index (χ0v) is 7.41. The zero-order valence-electron chi connectivity index (χ0n) is 5.82. The van der Waals surface area contributed by atoms with Crippen LogP contribution in [0.25, 0.3) is 0 Å². The van der Waals surface area contributed by atoms with Gasteiger partial charge in [-0.3, -0.25) is 0 Å². The van der Waals surface area contributed by atoms with Gasteiger partial charge in [0.05, 0.1) is 0 Å². The fourth-order valence-electron chi connectivity index (χ4n) is 1.33. The molecule has 1 heterocycles. The molecule has 0 unspecified atom stereocenters. The molecule has 3 heteroatoms. The summed E-state index contributed by atoms with van der Waals surface area (Å²) in [6.45, 7) is 1.63. The van der Waals surface area contributed by atoms with Crippen molar-refractivity contribution >= 4 is 15.9 Å². The molecule has 0 saturated carbocycles. The minimum absolute atomic E-state index is 0.167. The number of halogens is 2. The summed E-state index contributed by atoms with van der Waals surface area (Å²) >= 11 is 3.32. The molecule has 0 fully saturated rings. The first-order chi connectivity index (χ1) is 5.27. The van der Waals surface area contributed by atoms with E-state index in [0.29, 0.717) is 0 Å². The van der Waals surface area contributed by atoms with Crippen LogP contribution in [0.3, 0.4) is 0 Å². The van der Waals surface area contributed by atoms with Crippen molar-refractivity contribution in [3.05, 3.63) is 33.5 Å². The normalized spacial score (nSPS) is 15.1. The maximum Gasteiger partial charge on any atom is 0.124 e. The van der Waals surface area contributed by atoms with Crippen molar-refractivity contribution in [2.24, 2.45) is 0 Å². The Bertz CT molecular complexity index is 298. The van der Waals surface area contributed by atoms with Crippen LogP contribution in [0, 0.1) is 5.82 Å². The molecular formula is C8H7BrFN. The van der Waals surface area contributed by atoms with E-state index in [0.717, 1.165) is 23.1 Å². The molecule has 0 saturated heterocycles. The summed E-state index contributed by atoms with van der Waals surface area (Å²) < 4.78 is 13.6. The Kier molecular flexibility index (Phi) is 1.69. The number of rotatable bonds is 0. The number of hydrogen-bond acceptors (Lipinski definition) is 1. The zero-order chi connectivity index (χ0) is 7.84. The number of benzene rings is 1. The maximum atomic E-state index is 12.8. The van der Waals surface area contributed by atoms with Crippen LogP contribution in [0.15, 0.2) is 16.6 Å². The quantitative estimate of drug-likeness (QED) is 0.700. The van der Waals surface area contributed by atoms with Gasteiger partial charge in [0.2, 0.25) is 0 Å². The van der Waals surface area contributed by atoms with E-state index in [4.69, 9.17) is 0 Å². The van der Waals surface area contributed by atoms with Crippen molar-refractivity contribution in [2.45, 2.75) is 13.1 Å². The highest BCUT2D eigenvalue weighted by atomic mass is 79.9. The van der Waals surface area contributed by atoms with Crippen LogP contribution < -0.4 is 5.32 Å². The van der Waals surface area contributed by atoms with Gasteiger partial charge in [0, 0.05) is 17.6 Å². The van der Waals surface area contributed by atoms with Crippen LogP contribution in [0.4, 0.5) is 4.39 Å². The van der Waals surface area contributed by atoms with Crippen LogP contribution in [-0.4, -0.2) is 0 Å². The lowest BCUT2D eigenvalue weighted by molar-refractivity contribution is 0.624. The monoisotopic (exact) mass is 215 g/mol. The Morgan fingerprint density at radius 3 is 3.00 bits per heavy atom. The number of fused-ring (bicyclic) bond motifs is 1. The summed E-state index contributed by atoms with van der Waals surface area (Å²) in [5.74, 6) is -0.167. The molecule has 11 heavy (non-hydrogen) atoms. The molecule has 0 spiro atoms. The first kappa shape index (κ1) is 7.25. The maximum absolute atomic E-state index is 12.8. The fourth-order valence-corrected chi connectivity index (χ4v) is 1.95. The van der Waals surface area contributed by atoms with E-state index in [-0.39, 0.29) is 5.82 Å². The molecule has 1 nitrogen and oxygen atoms in total. The second-order valence-corrected chi connectivity index (χ2v) is 3.48. The molecule has 0 aliphatic carbocycles. The standard InChI is InChI=1S/C8H7BrFN/c9-8-2-6(10)1-5-3-11-4-7(5)8/h1-2,11H,3-4H2. The second-order valence-electron chi connectivity index (χ2n) is 2.63. The van der Waals surface area contributed by atoms with E-state index < -0.39 is 0 Å². The molecule has 58 valence electrons. The lowest BCUT2D eigenvalue weighted by atomic mass is 10.1. The van der Waals surface area contributed by atoms with Gasteiger partial charge < -0.3 is 5.32 Å². The Morgan fingerprint density at radius 2 is 2.18 bits per heavy atom. The highest BCUT2D eigenvalue weighted by molar-refractivity contribution is 9.10. The summed E-state index contributed by atoms with van der Waals surface area (Å²) in [6, 6.07) is 3.09. The molecule has 1 N–H and O–H groups in total.